The van der Waals surface area contributed by atoms with Crippen LogP contribution in [-0.4, -0.2) is 41.9 Å². The van der Waals surface area contributed by atoms with Crippen LogP contribution >= 0.6 is 0 Å². The number of carbonyl (C=O) groups is 1. The van der Waals surface area contributed by atoms with Gasteiger partial charge in [-0.2, -0.15) is 0 Å². The van der Waals surface area contributed by atoms with Gasteiger partial charge in [0.2, 0.25) is 0 Å². The number of amides is 1. The maximum absolute atomic E-state index is 13.2. The van der Waals surface area contributed by atoms with Crippen molar-refractivity contribution in [3.8, 4) is 0 Å². The summed E-state index contributed by atoms with van der Waals surface area (Å²) in [6.45, 7) is 2.10. The number of anilines is 3. The molecule has 0 spiro atoms. The third-order valence-corrected chi connectivity index (χ3v) is 5.20. The number of hydrogen-bond acceptors (Lipinski definition) is 5. The van der Waals surface area contributed by atoms with Crippen molar-refractivity contribution in [1.82, 2.24) is 4.90 Å². The molecule has 1 aliphatic rings. The van der Waals surface area contributed by atoms with E-state index < -0.39 is 0 Å². The zero-order chi connectivity index (χ0) is 20.9. The number of nitro benzene ring substituents is 1. The first-order chi connectivity index (χ1) is 14.6. The number of hydrogen-bond donors (Lipinski definition) is 1. The average Bonchev–Trinajstić information content (AvgIpc) is 2.80. The number of nitrogens with one attached hydrogen (secondary N) is 1. The van der Waals surface area contributed by atoms with Crippen LogP contribution in [0.1, 0.15) is 10.4 Å². The number of benzene rings is 3. The number of para-hydroxylation sites is 4. The molecular formula is C23H22N4O3. The normalized spacial score (nSPS) is 13.7. The first kappa shape index (κ1) is 19.4. The third kappa shape index (κ3) is 4.10. The summed E-state index contributed by atoms with van der Waals surface area (Å²) in [6, 6.07) is 23.9. The first-order valence-electron chi connectivity index (χ1n) is 9.82. The number of rotatable bonds is 5. The van der Waals surface area contributed by atoms with Crippen LogP contribution < -0.4 is 10.2 Å². The summed E-state index contributed by atoms with van der Waals surface area (Å²) in [7, 11) is 0. The van der Waals surface area contributed by atoms with Gasteiger partial charge in [0.25, 0.3) is 11.6 Å². The SMILES string of the molecule is O=C(c1ccccc1Nc1ccccc1)N1CCN(c2ccccc2[N+](=O)[O-])CC1. The van der Waals surface area contributed by atoms with Gasteiger partial charge in [0.15, 0.2) is 0 Å². The molecule has 1 aliphatic heterocycles. The van der Waals surface area contributed by atoms with Crippen LogP contribution in [-0.2, 0) is 0 Å². The topological polar surface area (TPSA) is 78.7 Å². The Labute approximate surface area is 174 Å². The Balaban J connectivity index is 1.47. The Morgan fingerprint density at radius 3 is 2.20 bits per heavy atom. The minimum absolute atomic E-state index is 0.0451. The number of carbonyl (C=O) groups excluding carboxylic acids is 1. The molecule has 0 aliphatic carbocycles. The zero-order valence-corrected chi connectivity index (χ0v) is 16.4. The van der Waals surface area contributed by atoms with Crippen molar-refractivity contribution in [2.75, 3.05) is 36.4 Å². The maximum Gasteiger partial charge on any atom is 0.292 e. The number of nitro groups is 1. The molecule has 30 heavy (non-hydrogen) atoms. The number of nitrogens with zero attached hydrogens (tertiary/aromatic N) is 3. The monoisotopic (exact) mass is 402 g/mol. The molecule has 0 aromatic heterocycles. The molecule has 3 aromatic carbocycles. The highest BCUT2D eigenvalue weighted by molar-refractivity contribution is 6.00. The van der Waals surface area contributed by atoms with Crippen molar-refractivity contribution in [2.24, 2.45) is 0 Å². The minimum atomic E-state index is -0.363. The minimum Gasteiger partial charge on any atom is -0.362 e. The van der Waals surface area contributed by atoms with Gasteiger partial charge in [-0.1, -0.05) is 42.5 Å². The van der Waals surface area contributed by atoms with Gasteiger partial charge in [-0.3, -0.25) is 14.9 Å². The van der Waals surface area contributed by atoms with E-state index in [2.05, 4.69) is 5.32 Å². The average molecular weight is 402 g/mol. The molecule has 1 fully saturated rings. The Morgan fingerprint density at radius 2 is 1.47 bits per heavy atom. The van der Waals surface area contributed by atoms with E-state index in [9.17, 15) is 14.9 Å². The molecular weight excluding hydrogens is 380 g/mol. The lowest BCUT2D eigenvalue weighted by molar-refractivity contribution is -0.384. The van der Waals surface area contributed by atoms with Gasteiger partial charge in [0, 0.05) is 37.9 Å². The van der Waals surface area contributed by atoms with E-state index in [-0.39, 0.29) is 16.5 Å². The first-order valence-corrected chi connectivity index (χ1v) is 9.82. The zero-order valence-electron chi connectivity index (χ0n) is 16.4. The van der Waals surface area contributed by atoms with E-state index in [4.69, 9.17) is 0 Å². The standard InChI is InChI=1S/C23H22N4O3/c28-23(19-10-4-5-11-20(19)24-18-8-2-1-3-9-18)26-16-14-25(15-17-26)21-12-6-7-13-22(21)27(29)30/h1-13,24H,14-17H2. The second kappa shape index (κ2) is 8.65. The van der Waals surface area contributed by atoms with E-state index in [0.717, 1.165) is 11.4 Å². The molecule has 152 valence electrons. The predicted octanol–water partition coefficient (Wildman–Crippen LogP) is 4.30. The van der Waals surface area contributed by atoms with Crippen LogP contribution in [0, 0.1) is 10.1 Å². The highest BCUT2D eigenvalue weighted by Gasteiger charge is 2.27. The molecule has 1 N–H and O–H groups in total. The molecule has 0 radical (unpaired) electrons. The van der Waals surface area contributed by atoms with E-state index in [1.807, 2.05) is 59.5 Å². The maximum atomic E-state index is 13.2. The summed E-state index contributed by atoms with van der Waals surface area (Å²) in [5.41, 5.74) is 2.98. The van der Waals surface area contributed by atoms with Crippen LogP contribution in [0.5, 0.6) is 0 Å². The second-order valence-corrected chi connectivity index (χ2v) is 7.06. The summed E-state index contributed by atoms with van der Waals surface area (Å²) >= 11 is 0. The number of piperazine rings is 1. The van der Waals surface area contributed by atoms with Crippen molar-refractivity contribution in [2.45, 2.75) is 0 Å². The second-order valence-electron chi connectivity index (χ2n) is 7.06. The fourth-order valence-corrected chi connectivity index (χ4v) is 3.66. The van der Waals surface area contributed by atoms with Crippen LogP contribution in [0.3, 0.4) is 0 Å². The Hall–Kier alpha value is -3.87. The van der Waals surface area contributed by atoms with Gasteiger partial charge in [0.1, 0.15) is 5.69 Å². The van der Waals surface area contributed by atoms with Crippen molar-refractivity contribution in [3.05, 3.63) is 94.5 Å². The molecule has 0 bridgehead atoms. The molecule has 0 unspecified atom stereocenters. The lowest BCUT2D eigenvalue weighted by Crippen LogP contribution is -2.49. The summed E-state index contributed by atoms with van der Waals surface area (Å²) in [4.78, 5) is 27.9. The van der Waals surface area contributed by atoms with E-state index in [1.54, 1.807) is 23.1 Å². The Bertz CT molecular complexity index is 1050. The van der Waals surface area contributed by atoms with Gasteiger partial charge in [-0.15, -0.1) is 0 Å². The fourth-order valence-electron chi connectivity index (χ4n) is 3.66. The molecule has 3 aromatic rings. The van der Waals surface area contributed by atoms with Crippen molar-refractivity contribution >= 4 is 28.7 Å². The molecule has 1 saturated heterocycles. The summed E-state index contributed by atoms with van der Waals surface area (Å²) in [6.07, 6.45) is 0. The molecule has 1 amide bonds. The highest BCUT2D eigenvalue weighted by atomic mass is 16.6. The fraction of sp³-hybridized carbons (Fsp3) is 0.174. The molecule has 4 rings (SSSR count). The third-order valence-electron chi connectivity index (χ3n) is 5.20. The van der Waals surface area contributed by atoms with Crippen molar-refractivity contribution < 1.29 is 9.72 Å². The van der Waals surface area contributed by atoms with Gasteiger partial charge in [0.05, 0.1) is 16.2 Å². The van der Waals surface area contributed by atoms with Gasteiger partial charge >= 0.3 is 0 Å². The summed E-state index contributed by atoms with van der Waals surface area (Å²) in [5.74, 6) is -0.0451. The Kier molecular flexibility index (Phi) is 5.61. The van der Waals surface area contributed by atoms with Crippen LogP contribution in [0.2, 0.25) is 0 Å². The summed E-state index contributed by atoms with van der Waals surface area (Å²) in [5, 5.41) is 14.6. The van der Waals surface area contributed by atoms with Crippen LogP contribution in [0.25, 0.3) is 0 Å². The predicted molar refractivity (Wildman–Crippen MR) is 117 cm³/mol. The quantitative estimate of drug-likeness (QED) is 0.508. The molecule has 7 heteroatoms. The lowest BCUT2D eigenvalue weighted by Gasteiger charge is -2.36. The molecule has 1 heterocycles. The highest BCUT2D eigenvalue weighted by Crippen LogP contribution is 2.29. The smallest absolute Gasteiger partial charge is 0.292 e. The Morgan fingerprint density at radius 1 is 0.833 bits per heavy atom. The summed E-state index contributed by atoms with van der Waals surface area (Å²) < 4.78 is 0. The molecule has 7 nitrogen and oxygen atoms in total. The van der Waals surface area contributed by atoms with Gasteiger partial charge in [-0.05, 0) is 30.3 Å². The van der Waals surface area contributed by atoms with Crippen LogP contribution in [0.4, 0.5) is 22.7 Å². The van der Waals surface area contributed by atoms with E-state index in [0.29, 0.717) is 37.4 Å². The van der Waals surface area contributed by atoms with Crippen molar-refractivity contribution in [3.63, 3.8) is 0 Å². The van der Waals surface area contributed by atoms with Gasteiger partial charge in [-0.25, -0.2) is 0 Å². The van der Waals surface area contributed by atoms with E-state index >= 15 is 0 Å². The van der Waals surface area contributed by atoms with Crippen molar-refractivity contribution in [1.29, 1.82) is 0 Å². The van der Waals surface area contributed by atoms with Crippen LogP contribution in [0.15, 0.2) is 78.9 Å². The molecule has 0 atom stereocenters. The lowest BCUT2D eigenvalue weighted by atomic mass is 10.1. The molecule has 0 saturated carbocycles. The van der Waals surface area contributed by atoms with Gasteiger partial charge < -0.3 is 15.1 Å². The van der Waals surface area contributed by atoms with E-state index in [1.165, 1.54) is 6.07 Å². The largest absolute Gasteiger partial charge is 0.362 e.